The predicted octanol–water partition coefficient (Wildman–Crippen LogP) is 0.794. The molecule has 0 aliphatic rings. The van der Waals surface area contributed by atoms with Crippen LogP contribution in [0, 0.1) is 0 Å². The highest BCUT2D eigenvalue weighted by molar-refractivity contribution is 7.98. The first-order valence-corrected chi connectivity index (χ1v) is 8.69. The van der Waals surface area contributed by atoms with Gasteiger partial charge in [-0.2, -0.15) is 0 Å². The molecule has 0 aliphatic heterocycles. The molecule has 1 aromatic carbocycles. The van der Waals surface area contributed by atoms with Crippen molar-refractivity contribution in [3.8, 4) is 0 Å². The van der Waals surface area contributed by atoms with Gasteiger partial charge in [0.1, 0.15) is 6.54 Å². The van der Waals surface area contributed by atoms with E-state index < -0.39 is 17.2 Å². The van der Waals surface area contributed by atoms with Crippen LogP contribution in [-0.2, 0) is 25.4 Å². The van der Waals surface area contributed by atoms with E-state index in [1.807, 2.05) is 18.4 Å². The van der Waals surface area contributed by atoms with Crippen LogP contribution in [0.3, 0.4) is 0 Å². The number of hydrogen-bond acceptors (Lipinski definition) is 5. The molecule has 3 rings (SSSR count). The second-order valence-electron chi connectivity index (χ2n) is 5.54. The van der Waals surface area contributed by atoms with E-state index in [1.165, 1.54) is 22.5 Å². The largest absolute Gasteiger partial charge is 0.332 e. The fourth-order valence-corrected chi connectivity index (χ4v) is 2.96. The smallest absolute Gasteiger partial charge is 0.328 e. The second-order valence-corrected chi connectivity index (χ2v) is 6.42. The van der Waals surface area contributed by atoms with Crippen molar-refractivity contribution < 1.29 is 4.79 Å². The molecule has 0 saturated carbocycles. The van der Waals surface area contributed by atoms with Crippen molar-refractivity contribution in [3.63, 3.8) is 0 Å². The van der Waals surface area contributed by atoms with Gasteiger partial charge in [-0.05, 0) is 30.5 Å². The van der Waals surface area contributed by atoms with Crippen LogP contribution in [0.2, 0.25) is 0 Å². The maximum Gasteiger partial charge on any atom is 0.332 e. The maximum atomic E-state index is 12.6. The molecule has 2 aromatic heterocycles. The summed E-state index contributed by atoms with van der Waals surface area (Å²) >= 11 is 1.60. The van der Waals surface area contributed by atoms with Crippen molar-refractivity contribution in [1.29, 1.82) is 0 Å². The predicted molar refractivity (Wildman–Crippen MR) is 97.1 cm³/mol. The number of fused-ring (bicyclic) bond motifs is 1. The van der Waals surface area contributed by atoms with Gasteiger partial charge in [-0.1, -0.05) is 0 Å². The molecular formula is C16H17N5O3S. The number of amides is 1. The van der Waals surface area contributed by atoms with Gasteiger partial charge in [0.05, 0.1) is 6.33 Å². The summed E-state index contributed by atoms with van der Waals surface area (Å²) in [7, 11) is 3.19. The van der Waals surface area contributed by atoms with Crippen molar-refractivity contribution in [2.45, 2.75) is 11.4 Å². The molecule has 0 fully saturated rings. The molecular weight excluding hydrogens is 342 g/mol. The number of hydrogen-bond donors (Lipinski definition) is 1. The first kappa shape index (κ1) is 17.0. The second kappa shape index (κ2) is 6.60. The van der Waals surface area contributed by atoms with Crippen LogP contribution in [0.15, 0.2) is 45.1 Å². The van der Waals surface area contributed by atoms with Crippen molar-refractivity contribution in [2.24, 2.45) is 14.1 Å². The van der Waals surface area contributed by atoms with Gasteiger partial charge in [0.25, 0.3) is 5.56 Å². The van der Waals surface area contributed by atoms with Gasteiger partial charge in [0.2, 0.25) is 5.91 Å². The number of carbonyl (C=O) groups excluding carboxylic acids is 1. The molecule has 3 aromatic rings. The maximum absolute atomic E-state index is 12.6. The third-order valence-corrected chi connectivity index (χ3v) is 4.62. The lowest BCUT2D eigenvalue weighted by Crippen LogP contribution is -2.42. The highest BCUT2D eigenvalue weighted by Crippen LogP contribution is 2.17. The third kappa shape index (κ3) is 3.10. The molecule has 1 N–H and O–H groups in total. The SMILES string of the molecule is CSc1ccc(NC(=O)Cn2c(=O)c3c(ncn3C)n(C)c2=O)cc1. The van der Waals surface area contributed by atoms with Gasteiger partial charge >= 0.3 is 5.69 Å². The van der Waals surface area contributed by atoms with Crippen molar-refractivity contribution >= 4 is 34.5 Å². The summed E-state index contributed by atoms with van der Waals surface area (Å²) in [6, 6.07) is 7.31. The summed E-state index contributed by atoms with van der Waals surface area (Å²) in [5.74, 6) is -0.447. The Balaban J connectivity index is 1.92. The normalized spacial score (nSPS) is 11.0. The highest BCUT2D eigenvalue weighted by atomic mass is 32.2. The van der Waals surface area contributed by atoms with Crippen LogP contribution in [0.4, 0.5) is 5.69 Å². The summed E-state index contributed by atoms with van der Waals surface area (Å²) in [4.78, 5) is 42.3. The molecule has 1 amide bonds. The number of nitrogens with one attached hydrogen (secondary N) is 1. The number of aromatic nitrogens is 4. The quantitative estimate of drug-likeness (QED) is 0.696. The monoisotopic (exact) mass is 359 g/mol. The number of carbonyl (C=O) groups is 1. The zero-order chi connectivity index (χ0) is 18.1. The molecule has 0 spiro atoms. The first-order chi connectivity index (χ1) is 11.9. The molecule has 9 heteroatoms. The number of anilines is 1. The van der Waals surface area contributed by atoms with Gasteiger partial charge in [0.15, 0.2) is 11.2 Å². The van der Waals surface area contributed by atoms with E-state index in [-0.39, 0.29) is 12.1 Å². The van der Waals surface area contributed by atoms with Crippen LogP contribution in [0.1, 0.15) is 0 Å². The van der Waals surface area contributed by atoms with Crippen molar-refractivity contribution in [3.05, 3.63) is 51.4 Å². The van der Waals surface area contributed by atoms with Gasteiger partial charge < -0.3 is 9.88 Å². The Kier molecular flexibility index (Phi) is 4.49. The molecule has 2 heterocycles. The molecule has 8 nitrogen and oxygen atoms in total. The van der Waals surface area contributed by atoms with E-state index in [2.05, 4.69) is 10.3 Å². The molecule has 0 atom stereocenters. The minimum atomic E-state index is -0.580. The van der Waals surface area contributed by atoms with E-state index in [1.54, 1.807) is 30.9 Å². The molecule has 0 saturated heterocycles. The average Bonchev–Trinajstić information content (AvgIpc) is 2.99. The van der Waals surface area contributed by atoms with E-state index >= 15 is 0 Å². The molecule has 0 bridgehead atoms. The number of benzene rings is 1. The fraction of sp³-hybridized carbons (Fsp3) is 0.250. The van der Waals surface area contributed by atoms with Gasteiger partial charge in [-0.3, -0.25) is 14.2 Å². The molecule has 130 valence electrons. The van der Waals surface area contributed by atoms with Gasteiger partial charge in [0, 0.05) is 24.7 Å². The number of thioether (sulfide) groups is 1. The van der Waals surface area contributed by atoms with E-state index in [4.69, 9.17) is 0 Å². The lowest BCUT2D eigenvalue weighted by Gasteiger charge is -2.09. The van der Waals surface area contributed by atoms with Gasteiger partial charge in [-0.15, -0.1) is 11.8 Å². The average molecular weight is 359 g/mol. The van der Waals surface area contributed by atoms with Crippen LogP contribution >= 0.6 is 11.8 Å². The summed E-state index contributed by atoms with van der Waals surface area (Å²) in [6.45, 7) is -0.364. The standard InChI is InChI=1S/C16H17N5O3S/c1-19-9-17-14-13(19)15(23)21(16(24)20(14)2)8-12(22)18-10-4-6-11(25-3)7-5-10/h4-7,9H,8H2,1-3H3,(H,18,22). The van der Waals surface area contributed by atoms with Crippen LogP contribution in [-0.4, -0.2) is 30.8 Å². The minimum Gasteiger partial charge on any atom is -0.328 e. The molecule has 25 heavy (non-hydrogen) atoms. The Morgan fingerprint density at radius 3 is 2.52 bits per heavy atom. The Morgan fingerprint density at radius 1 is 1.20 bits per heavy atom. The summed E-state index contributed by atoms with van der Waals surface area (Å²) < 4.78 is 3.71. The summed E-state index contributed by atoms with van der Waals surface area (Å²) in [5, 5.41) is 2.69. The molecule has 0 aliphatic carbocycles. The number of rotatable bonds is 4. The topological polar surface area (TPSA) is 90.9 Å². The summed E-state index contributed by atoms with van der Waals surface area (Å²) in [6.07, 6.45) is 3.42. The molecule has 0 unspecified atom stereocenters. The third-order valence-electron chi connectivity index (χ3n) is 3.88. The Labute approximate surface area is 147 Å². The zero-order valence-electron chi connectivity index (χ0n) is 14.0. The van der Waals surface area contributed by atoms with Crippen LogP contribution in [0.25, 0.3) is 11.2 Å². The van der Waals surface area contributed by atoms with E-state index in [9.17, 15) is 14.4 Å². The Bertz CT molecular complexity index is 1060. The number of nitrogens with zero attached hydrogens (tertiary/aromatic N) is 4. The highest BCUT2D eigenvalue weighted by Gasteiger charge is 2.16. The van der Waals surface area contributed by atoms with Gasteiger partial charge in [-0.25, -0.2) is 14.3 Å². The van der Waals surface area contributed by atoms with E-state index in [0.29, 0.717) is 11.3 Å². The number of imidazole rings is 1. The lowest BCUT2D eigenvalue weighted by atomic mass is 10.3. The van der Waals surface area contributed by atoms with Crippen molar-refractivity contribution in [1.82, 2.24) is 18.7 Å². The van der Waals surface area contributed by atoms with Crippen molar-refractivity contribution in [2.75, 3.05) is 11.6 Å². The number of aryl methyl sites for hydroxylation is 2. The van der Waals surface area contributed by atoms with Crippen LogP contribution in [0.5, 0.6) is 0 Å². The first-order valence-electron chi connectivity index (χ1n) is 7.47. The minimum absolute atomic E-state index is 0.277. The Morgan fingerprint density at radius 2 is 1.88 bits per heavy atom. The molecule has 0 radical (unpaired) electrons. The van der Waals surface area contributed by atoms with E-state index in [0.717, 1.165) is 9.46 Å². The van der Waals surface area contributed by atoms with Crippen LogP contribution < -0.4 is 16.6 Å². The fourth-order valence-electron chi connectivity index (χ4n) is 2.55. The lowest BCUT2D eigenvalue weighted by molar-refractivity contribution is -0.116. The zero-order valence-corrected chi connectivity index (χ0v) is 14.8. The Hall–Kier alpha value is -2.81. The summed E-state index contributed by atoms with van der Waals surface area (Å²) in [5.41, 5.74) is 0.0605.